The molecule has 0 aliphatic heterocycles. The van der Waals surface area contributed by atoms with Gasteiger partial charge in [0.05, 0.1) is 5.52 Å². The van der Waals surface area contributed by atoms with E-state index in [1.165, 1.54) is 11.1 Å². The fourth-order valence-electron chi connectivity index (χ4n) is 4.02. The lowest BCUT2D eigenvalue weighted by Crippen LogP contribution is -2.25. The van der Waals surface area contributed by atoms with Gasteiger partial charge in [0.15, 0.2) is 11.6 Å². The van der Waals surface area contributed by atoms with Gasteiger partial charge in [-0.25, -0.2) is 14.6 Å². The zero-order valence-corrected chi connectivity index (χ0v) is 21.0. The van der Waals surface area contributed by atoms with Crippen molar-refractivity contribution in [1.82, 2.24) is 14.6 Å². The van der Waals surface area contributed by atoms with Crippen LogP contribution in [0.3, 0.4) is 0 Å². The Morgan fingerprint density at radius 1 is 0.971 bits per heavy atom. The SMILES string of the molecule is CCOCc1nc2c(N(Cc3ccccc3)Cc3ccccc3)nc(Cl)c(C)c2n1NC(C)C. The molecule has 2 aromatic carbocycles. The van der Waals surface area contributed by atoms with Crippen molar-refractivity contribution in [3.8, 4) is 0 Å². The number of rotatable bonds is 10. The number of aryl methyl sites for hydroxylation is 1. The molecule has 0 aliphatic rings. The average Bonchev–Trinajstić information content (AvgIpc) is 3.18. The van der Waals surface area contributed by atoms with Gasteiger partial charge in [0.2, 0.25) is 0 Å². The highest BCUT2D eigenvalue weighted by atomic mass is 35.5. The van der Waals surface area contributed by atoms with Crippen molar-refractivity contribution < 1.29 is 4.74 Å². The largest absolute Gasteiger partial charge is 0.374 e. The lowest BCUT2D eigenvalue weighted by molar-refractivity contribution is 0.126. The van der Waals surface area contributed by atoms with Crippen LogP contribution in [0.25, 0.3) is 11.0 Å². The first-order chi connectivity index (χ1) is 16.5. The topological polar surface area (TPSA) is 55.2 Å². The average molecular weight is 478 g/mol. The number of fused-ring (bicyclic) bond motifs is 1. The maximum absolute atomic E-state index is 6.73. The maximum Gasteiger partial charge on any atom is 0.159 e. The number of hydrogen-bond acceptors (Lipinski definition) is 5. The van der Waals surface area contributed by atoms with E-state index in [4.69, 9.17) is 26.3 Å². The number of nitrogens with one attached hydrogen (secondary N) is 1. The molecule has 7 heteroatoms. The molecule has 0 unspecified atom stereocenters. The van der Waals surface area contributed by atoms with E-state index in [-0.39, 0.29) is 6.04 Å². The normalized spacial score (nSPS) is 11.4. The van der Waals surface area contributed by atoms with Crippen LogP contribution in [0.1, 0.15) is 43.3 Å². The van der Waals surface area contributed by atoms with Crippen molar-refractivity contribution in [2.24, 2.45) is 0 Å². The Morgan fingerprint density at radius 3 is 2.09 bits per heavy atom. The number of benzene rings is 2. The summed E-state index contributed by atoms with van der Waals surface area (Å²) in [5.74, 6) is 1.57. The van der Waals surface area contributed by atoms with E-state index in [0.29, 0.717) is 31.5 Å². The predicted octanol–water partition coefficient (Wildman–Crippen LogP) is 6.09. The first kappa shape index (κ1) is 24.0. The Balaban J connectivity index is 1.89. The number of aromatic nitrogens is 3. The molecule has 0 bridgehead atoms. The maximum atomic E-state index is 6.73. The number of ether oxygens (including phenoxy) is 1. The van der Waals surface area contributed by atoms with Gasteiger partial charge in [-0.2, -0.15) is 0 Å². The highest BCUT2D eigenvalue weighted by molar-refractivity contribution is 6.31. The molecule has 6 nitrogen and oxygen atoms in total. The first-order valence-corrected chi connectivity index (χ1v) is 12.1. The van der Waals surface area contributed by atoms with E-state index in [1.54, 1.807) is 0 Å². The van der Waals surface area contributed by atoms with Crippen LogP contribution < -0.4 is 10.3 Å². The van der Waals surface area contributed by atoms with E-state index in [1.807, 2.05) is 30.7 Å². The van der Waals surface area contributed by atoms with Gasteiger partial charge in [0, 0.05) is 31.3 Å². The molecular formula is C27H32ClN5O. The van der Waals surface area contributed by atoms with Crippen molar-refractivity contribution in [1.29, 1.82) is 0 Å². The van der Waals surface area contributed by atoms with Gasteiger partial charge in [-0.05, 0) is 38.8 Å². The number of halogens is 1. The molecule has 2 aromatic heterocycles. The summed E-state index contributed by atoms with van der Waals surface area (Å²) in [6, 6.07) is 21.0. The van der Waals surface area contributed by atoms with E-state index in [9.17, 15) is 0 Å². The third-order valence-electron chi connectivity index (χ3n) is 5.58. The summed E-state index contributed by atoms with van der Waals surface area (Å²) in [7, 11) is 0. The number of pyridine rings is 1. The fraction of sp³-hybridized carbons (Fsp3) is 0.333. The number of hydrogen-bond donors (Lipinski definition) is 1. The van der Waals surface area contributed by atoms with Gasteiger partial charge in [0.25, 0.3) is 0 Å². The van der Waals surface area contributed by atoms with Gasteiger partial charge in [-0.1, -0.05) is 72.3 Å². The second kappa shape index (κ2) is 10.9. The van der Waals surface area contributed by atoms with Crippen molar-refractivity contribution in [3.63, 3.8) is 0 Å². The van der Waals surface area contributed by atoms with Crippen LogP contribution in [-0.4, -0.2) is 27.3 Å². The molecule has 2 heterocycles. The third kappa shape index (κ3) is 5.34. The molecule has 4 rings (SSSR count). The van der Waals surface area contributed by atoms with Crippen LogP contribution in [0.2, 0.25) is 5.15 Å². The Morgan fingerprint density at radius 2 is 1.56 bits per heavy atom. The minimum atomic E-state index is 0.206. The van der Waals surface area contributed by atoms with Crippen LogP contribution >= 0.6 is 11.6 Å². The van der Waals surface area contributed by atoms with Gasteiger partial charge < -0.3 is 15.1 Å². The Labute approximate surface area is 206 Å². The molecule has 0 spiro atoms. The van der Waals surface area contributed by atoms with Gasteiger partial charge in [0.1, 0.15) is 17.3 Å². The molecule has 0 saturated heterocycles. The monoisotopic (exact) mass is 477 g/mol. The van der Waals surface area contributed by atoms with Crippen molar-refractivity contribution in [3.05, 3.63) is 88.3 Å². The highest BCUT2D eigenvalue weighted by Gasteiger charge is 2.23. The Bertz CT molecular complexity index is 1180. The van der Waals surface area contributed by atoms with Crippen molar-refractivity contribution in [2.75, 3.05) is 16.9 Å². The quantitative estimate of drug-likeness (QED) is 0.280. The zero-order valence-electron chi connectivity index (χ0n) is 20.3. The van der Waals surface area contributed by atoms with Gasteiger partial charge >= 0.3 is 0 Å². The minimum Gasteiger partial charge on any atom is -0.374 e. The second-order valence-electron chi connectivity index (χ2n) is 8.66. The summed E-state index contributed by atoms with van der Waals surface area (Å²) in [5, 5.41) is 0.475. The van der Waals surface area contributed by atoms with E-state index in [2.05, 4.69) is 72.7 Å². The molecule has 1 N–H and O–H groups in total. The Kier molecular flexibility index (Phi) is 7.70. The highest BCUT2D eigenvalue weighted by Crippen LogP contribution is 2.33. The van der Waals surface area contributed by atoms with E-state index < -0.39 is 0 Å². The number of anilines is 1. The number of nitrogens with zero attached hydrogens (tertiary/aromatic N) is 4. The molecule has 0 fully saturated rings. The standard InChI is InChI=1S/C27H32ClN5O/c1-5-34-18-23-29-24-25(33(23)31-19(2)3)20(4)26(28)30-27(24)32(16-21-12-8-6-9-13-21)17-22-14-10-7-11-15-22/h6-15,19,31H,5,16-18H2,1-4H3. The summed E-state index contributed by atoms with van der Waals surface area (Å²) in [5.41, 5.74) is 8.54. The molecule has 0 aliphatic carbocycles. The molecule has 34 heavy (non-hydrogen) atoms. The van der Waals surface area contributed by atoms with Crippen LogP contribution in [0, 0.1) is 6.92 Å². The Hall–Kier alpha value is -3.09. The van der Waals surface area contributed by atoms with E-state index in [0.717, 1.165) is 28.2 Å². The van der Waals surface area contributed by atoms with Gasteiger partial charge in [-0.15, -0.1) is 0 Å². The summed E-state index contributed by atoms with van der Waals surface area (Å²) in [4.78, 5) is 12.1. The van der Waals surface area contributed by atoms with Gasteiger partial charge in [-0.3, -0.25) is 0 Å². The van der Waals surface area contributed by atoms with Crippen LogP contribution in [0.5, 0.6) is 0 Å². The molecule has 0 amide bonds. The van der Waals surface area contributed by atoms with E-state index >= 15 is 0 Å². The van der Waals surface area contributed by atoms with Crippen LogP contribution in [-0.2, 0) is 24.4 Å². The summed E-state index contributed by atoms with van der Waals surface area (Å²) < 4.78 is 7.76. The lowest BCUT2D eigenvalue weighted by atomic mass is 10.1. The fourth-order valence-corrected chi connectivity index (χ4v) is 4.19. The zero-order chi connectivity index (χ0) is 24.1. The second-order valence-corrected chi connectivity index (χ2v) is 9.02. The van der Waals surface area contributed by atoms with Crippen molar-refractivity contribution in [2.45, 2.75) is 53.4 Å². The molecule has 4 aromatic rings. The first-order valence-electron chi connectivity index (χ1n) is 11.7. The molecule has 178 valence electrons. The smallest absolute Gasteiger partial charge is 0.159 e. The molecule has 0 atom stereocenters. The van der Waals surface area contributed by atoms with Crippen LogP contribution in [0.4, 0.5) is 5.82 Å². The predicted molar refractivity (Wildman–Crippen MR) is 140 cm³/mol. The third-order valence-corrected chi connectivity index (χ3v) is 5.95. The lowest BCUT2D eigenvalue weighted by Gasteiger charge is -2.25. The molecule has 0 radical (unpaired) electrons. The summed E-state index contributed by atoms with van der Waals surface area (Å²) >= 11 is 6.73. The minimum absolute atomic E-state index is 0.206. The number of imidazole rings is 1. The summed E-state index contributed by atoms with van der Waals surface area (Å²) in [6.07, 6.45) is 0. The molecular weight excluding hydrogens is 446 g/mol. The molecule has 0 saturated carbocycles. The van der Waals surface area contributed by atoms with Crippen molar-refractivity contribution >= 4 is 28.5 Å². The van der Waals surface area contributed by atoms with Crippen LogP contribution in [0.15, 0.2) is 60.7 Å². The summed E-state index contributed by atoms with van der Waals surface area (Å²) in [6.45, 7) is 10.6.